The van der Waals surface area contributed by atoms with Gasteiger partial charge in [0.05, 0.1) is 12.7 Å². The molecule has 5 heteroatoms. The van der Waals surface area contributed by atoms with E-state index in [1.165, 1.54) is 11.8 Å². The number of aromatic carboxylic acids is 1. The van der Waals surface area contributed by atoms with Crippen molar-refractivity contribution in [1.82, 2.24) is 9.88 Å². The number of carboxylic acids is 1. The predicted octanol–water partition coefficient (Wildman–Crippen LogP) is 2.00. The van der Waals surface area contributed by atoms with Crippen molar-refractivity contribution in [2.24, 2.45) is 0 Å². The summed E-state index contributed by atoms with van der Waals surface area (Å²) >= 11 is 0. The van der Waals surface area contributed by atoms with Crippen molar-refractivity contribution < 1.29 is 14.3 Å². The fourth-order valence-electron chi connectivity index (χ4n) is 1.66. The van der Waals surface area contributed by atoms with Crippen molar-refractivity contribution in [3.05, 3.63) is 53.7 Å². The second kappa shape index (κ2) is 5.46. The number of carboxylic acid groups (broad SMARTS) is 1. The molecule has 5 nitrogen and oxygen atoms in total. The van der Waals surface area contributed by atoms with Crippen molar-refractivity contribution in [1.29, 1.82) is 0 Å². The lowest BCUT2D eigenvalue weighted by Crippen LogP contribution is -2.17. The molecule has 0 atom stereocenters. The van der Waals surface area contributed by atoms with E-state index in [-0.39, 0.29) is 5.76 Å². The van der Waals surface area contributed by atoms with Crippen LogP contribution in [0.2, 0.25) is 0 Å². The van der Waals surface area contributed by atoms with Crippen LogP contribution in [0.5, 0.6) is 0 Å². The molecule has 0 aliphatic heterocycles. The van der Waals surface area contributed by atoms with Gasteiger partial charge >= 0.3 is 5.97 Å². The zero-order valence-corrected chi connectivity index (χ0v) is 10.0. The molecule has 2 aromatic rings. The van der Waals surface area contributed by atoms with E-state index in [0.29, 0.717) is 12.4 Å². The van der Waals surface area contributed by atoms with Crippen molar-refractivity contribution in [2.75, 3.05) is 7.05 Å². The molecule has 2 rings (SSSR count). The van der Waals surface area contributed by atoms with E-state index in [2.05, 4.69) is 4.98 Å². The summed E-state index contributed by atoms with van der Waals surface area (Å²) in [6.45, 7) is 1.23. The molecule has 1 aromatic heterocycles. The molecule has 94 valence electrons. The summed E-state index contributed by atoms with van der Waals surface area (Å²) in [5, 5.41) is 8.72. The van der Waals surface area contributed by atoms with E-state index >= 15 is 0 Å². The number of carbonyl (C=O) groups is 1. The van der Waals surface area contributed by atoms with Gasteiger partial charge in [0.15, 0.2) is 0 Å². The number of hydrogen-bond acceptors (Lipinski definition) is 4. The van der Waals surface area contributed by atoms with Gasteiger partial charge in [-0.1, -0.05) is 30.3 Å². The molecule has 0 fully saturated rings. The first-order valence-electron chi connectivity index (χ1n) is 5.55. The van der Waals surface area contributed by atoms with Crippen LogP contribution in [0.25, 0.3) is 0 Å². The summed E-state index contributed by atoms with van der Waals surface area (Å²) in [4.78, 5) is 16.6. The van der Waals surface area contributed by atoms with Crippen molar-refractivity contribution >= 4 is 5.97 Å². The fraction of sp³-hybridized carbons (Fsp3) is 0.231. The molecular formula is C13H14N2O3. The summed E-state index contributed by atoms with van der Waals surface area (Å²) in [6, 6.07) is 10.0. The monoisotopic (exact) mass is 246 g/mol. The van der Waals surface area contributed by atoms with Gasteiger partial charge in [-0.05, 0) is 12.6 Å². The van der Waals surface area contributed by atoms with Gasteiger partial charge in [-0.3, -0.25) is 4.90 Å². The largest absolute Gasteiger partial charge is 0.475 e. The molecule has 1 N–H and O–H groups in total. The highest BCUT2D eigenvalue weighted by molar-refractivity contribution is 5.83. The summed E-state index contributed by atoms with van der Waals surface area (Å²) in [7, 11) is 1.93. The number of benzene rings is 1. The molecule has 0 unspecified atom stereocenters. The molecule has 1 heterocycles. The topological polar surface area (TPSA) is 66.6 Å². The van der Waals surface area contributed by atoms with Crippen LogP contribution in [0.15, 0.2) is 40.9 Å². The van der Waals surface area contributed by atoms with E-state index in [0.717, 1.165) is 6.54 Å². The Kier molecular flexibility index (Phi) is 3.74. The first kappa shape index (κ1) is 12.3. The lowest BCUT2D eigenvalue weighted by molar-refractivity contribution is 0.0658. The fourth-order valence-corrected chi connectivity index (χ4v) is 1.66. The quantitative estimate of drug-likeness (QED) is 0.874. The standard InChI is InChI=1S/C13H14N2O3/c1-15(8-10-5-3-2-4-6-10)9-12-14-7-11(18-12)13(16)17/h2-7H,8-9H2,1H3,(H,16,17). The van der Waals surface area contributed by atoms with E-state index in [4.69, 9.17) is 9.52 Å². The summed E-state index contributed by atoms with van der Waals surface area (Å²) in [5.74, 6) is -0.816. The van der Waals surface area contributed by atoms with Crippen LogP contribution >= 0.6 is 0 Å². The Labute approximate surface area is 105 Å². The Morgan fingerprint density at radius 3 is 2.67 bits per heavy atom. The van der Waals surface area contributed by atoms with Gasteiger partial charge in [0.2, 0.25) is 11.7 Å². The third-order valence-electron chi connectivity index (χ3n) is 2.46. The zero-order chi connectivity index (χ0) is 13.0. The maximum absolute atomic E-state index is 10.6. The smallest absolute Gasteiger partial charge is 0.373 e. The minimum atomic E-state index is -1.10. The highest BCUT2D eigenvalue weighted by atomic mass is 16.4. The maximum atomic E-state index is 10.6. The van der Waals surface area contributed by atoms with Gasteiger partial charge in [0, 0.05) is 6.54 Å². The number of oxazole rings is 1. The summed E-state index contributed by atoms with van der Waals surface area (Å²) < 4.78 is 5.10. The second-order valence-corrected chi connectivity index (χ2v) is 4.08. The normalized spacial score (nSPS) is 10.8. The Hall–Kier alpha value is -2.14. The van der Waals surface area contributed by atoms with Crippen LogP contribution in [0.1, 0.15) is 22.0 Å². The zero-order valence-electron chi connectivity index (χ0n) is 10.0. The molecule has 0 aliphatic carbocycles. The average Bonchev–Trinajstić information content (AvgIpc) is 2.78. The minimum Gasteiger partial charge on any atom is -0.475 e. The molecular weight excluding hydrogens is 232 g/mol. The summed E-state index contributed by atoms with van der Waals surface area (Å²) in [5.41, 5.74) is 1.19. The van der Waals surface area contributed by atoms with Crippen LogP contribution < -0.4 is 0 Å². The average molecular weight is 246 g/mol. The first-order chi connectivity index (χ1) is 8.65. The first-order valence-corrected chi connectivity index (χ1v) is 5.55. The number of nitrogens with zero attached hydrogens (tertiary/aromatic N) is 2. The van der Waals surface area contributed by atoms with Gasteiger partial charge in [-0.25, -0.2) is 9.78 Å². The second-order valence-electron chi connectivity index (χ2n) is 4.08. The Morgan fingerprint density at radius 2 is 2.06 bits per heavy atom. The predicted molar refractivity (Wildman–Crippen MR) is 65.1 cm³/mol. The van der Waals surface area contributed by atoms with Crippen LogP contribution in [0.4, 0.5) is 0 Å². The Balaban J connectivity index is 1.94. The third kappa shape index (κ3) is 3.18. The molecule has 0 bridgehead atoms. The van der Waals surface area contributed by atoms with Crippen molar-refractivity contribution in [2.45, 2.75) is 13.1 Å². The lowest BCUT2D eigenvalue weighted by Gasteiger charge is -2.14. The number of aromatic nitrogens is 1. The van der Waals surface area contributed by atoms with Crippen molar-refractivity contribution in [3.63, 3.8) is 0 Å². The number of rotatable bonds is 5. The Bertz CT molecular complexity index is 522. The van der Waals surface area contributed by atoms with Gasteiger partial charge in [-0.15, -0.1) is 0 Å². The molecule has 0 radical (unpaired) electrons. The van der Waals surface area contributed by atoms with E-state index in [1.54, 1.807) is 0 Å². The minimum absolute atomic E-state index is 0.127. The molecule has 1 aromatic carbocycles. The van der Waals surface area contributed by atoms with Gasteiger partial charge in [0.25, 0.3) is 0 Å². The molecule has 0 saturated carbocycles. The third-order valence-corrected chi connectivity index (χ3v) is 2.46. The number of hydrogen-bond donors (Lipinski definition) is 1. The molecule has 0 amide bonds. The van der Waals surface area contributed by atoms with E-state index < -0.39 is 5.97 Å². The molecule has 18 heavy (non-hydrogen) atoms. The highest BCUT2D eigenvalue weighted by Gasteiger charge is 2.12. The van der Waals surface area contributed by atoms with E-state index in [9.17, 15) is 4.79 Å². The van der Waals surface area contributed by atoms with Crippen LogP contribution in [-0.2, 0) is 13.1 Å². The van der Waals surface area contributed by atoms with Crippen LogP contribution in [0, 0.1) is 0 Å². The van der Waals surface area contributed by atoms with E-state index in [1.807, 2.05) is 42.3 Å². The SMILES string of the molecule is CN(Cc1ccccc1)Cc1ncc(C(=O)O)o1. The van der Waals surface area contributed by atoms with Crippen LogP contribution in [-0.4, -0.2) is 28.0 Å². The Morgan fingerprint density at radius 1 is 1.33 bits per heavy atom. The van der Waals surface area contributed by atoms with Gasteiger partial charge in [0.1, 0.15) is 0 Å². The van der Waals surface area contributed by atoms with Crippen LogP contribution in [0.3, 0.4) is 0 Å². The van der Waals surface area contributed by atoms with Crippen molar-refractivity contribution in [3.8, 4) is 0 Å². The van der Waals surface area contributed by atoms with Gasteiger partial charge in [-0.2, -0.15) is 0 Å². The maximum Gasteiger partial charge on any atom is 0.373 e. The molecule has 0 saturated heterocycles. The van der Waals surface area contributed by atoms with Gasteiger partial charge < -0.3 is 9.52 Å². The summed E-state index contributed by atoms with van der Waals surface area (Å²) in [6.07, 6.45) is 1.23. The highest BCUT2D eigenvalue weighted by Crippen LogP contribution is 2.09. The molecule has 0 spiro atoms. The molecule has 0 aliphatic rings. The lowest BCUT2D eigenvalue weighted by atomic mass is 10.2.